The maximum atomic E-state index is 12.4. The number of hydrogen-bond donors (Lipinski definition) is 0. The Kier molecular flexibility index (Phi) is 3.88. The molecule has 0 N–H and O–H groups in total. The van der Waals surface area contributed by atoms with Gasteiger partial charge in [-0.05, 0) is 19.3 Å². The molecule has 82 valence electrons. The van der Waals surface area contributed by atoms with Crippen molar-refractivity contribution in [3.8, 4) is 0 Å². The van der Waals surface area contributed by atoms with Crippen LogP contribution in [0.5, 0.6) is 0 Å². The Labute approximate surface area is 87.4 Å². The van der Waals surface area contributed by atoms with Crippen LogP contribution in [0.25, 0.3) is 0 Å². The highest BCUT2D eigenvalue weighted by molar-refractivity contribution is 6.12. The summed E-state index contributed by atoms with van der Waals surface area (Å²) in [5.74, 6) is -0.0782. The third-order valence-electron chi connectivity index (χ3n) is 2.15. The number of halogens is 2. The van der Waals surface area contributed by atoms with Gasteiger partial charge in [0, 0.05) is 11.8 Å². The summed E-state index contributed by atoms with van der Waals surface area (Å²) in [6, 6.07) is 0. The number of hydrogen-bond acceptors (Lipinski definition) is 2. The number of aliphatic imine (C=N–C) groups is 1. The molecule has 1 rings (SSSR count). The molecule has 1 atom stereocenters. The molecule has 0 bridgehead atoms. The predicted octanol–water partition coefficient (Wildman–Crippen LogP) is 2.76. The molecule has 2 nitrogen and oxygen atoms in total. The van der Waals surface area contributed by atoms with E-state index >= 15 is 0 Å². The van der Waals surface area contributed by atoms with E-state index in [0.717, 1.165) is 0 Å². The minimum atomic E-state index is -2.58. The van der Waals surface area contributed by atoms with E-state index in [-0.39, 0.29) is 17.4 Å². The molecule has 0 aromatic carbocycles. The molecule has 0 spiro atoms. The van der Waals surface area contributed by atoms with Gasteiger partial charge in [0.2, 0.25) is 0 Å². The lowest BCUT2D eigenvalue weighted by atomic mass is 10.0. The van der Waals surface area contributed by atoms with Gasteiger partial charge in [0.05, 0.1) is 0 Å². The van der Waals surface area contributed by atoms with Crippen molar-refractivity contribution in [3.63, 3.8) is 0 Å². The predicted molar refractivity (Wildman–Crippen MR) is 55.1 cm³/mol. The van der Waals surface area contributed by atoms with E-state index in [0.29, 0.717) is 12.0 Å². The highest BCUT2D eigenvalue weighted by Gasteiger charge is 2.13. The second kappa shape index (κ2) is 4.96. The van der Waals surface area contributed by atoms with Gasteiger partial charge in [-0.2, -0.15) is 0 Å². The molecule has 4 heteroatoms. The van der Waals surface area contributed by atoms with Crippen LogP contribution in [0.15, 0.2) is 28.4 Å². The third kappa shape index (κ3) is 3.38. The average molecular weight is 213 g/mol. The first kappa shape index (κ1) is 11.8. The minimum Gasteiger partial charge on any atom is -0.294 e. The fourth-order valence-corrected chi connectivity index (χ4v) is 1.27. The van der Waals surface area contributed by atoms with Crippen LogP contribution in [0.2, 0.25) is 0 Å². The fraction of sp³-hybridized carbons (Fsp3) is 0.455. The molecule has 0 aromatic heterocycles. The number of Topliss-reactive ketones (excluding diaryl/α,β-unsaturated/α-hetero) is 1. The first-order valence-electron chi connectivity index (χ1n) is 4.75. The number of carbonyl (C=O) groups is 1. The first-order valence-corrected chi connectivity index (χ1v) is 4.75. The number of nitrogens with zero attached hydrogens (tertiary/aromatic N) is 1. The molecule has 0 radical (unpaired) electrons. The summed E-state index contributed by atoms with van der Waals surface area (Å²) in [7, 11) is 0. The summed E-state index contributed by atoms with van der Waals surface area (Å²) in [6.45, 7) is 3.28. The van der Waals surface area contributed by atoms with E-state index < -0.39 is 6.43 Å². The normalized spacial score (nSPS) is 30.9. The van der Waals surface area contributed by atoms with Crippen molar-refractivity contribution in [2.75, 3.05) is 0 Å². The number of allylic oxidation sites excluding steroid dienone is 4. The zero-order valence-corrected chi connectivity index (χ0v) is 8.71. The van der Waals surface area contributed by atoms with Crippen LogP contribution in [0, 0.1) is 5.92 Å². The lowest BCUT2D eigenvalue weighted by Gasteiger charge is -2.09. The Hall–Kier alpha value is -1.32. The quantitative estimate of drug-likeness (QED) is 0.693. The van der Waals surface area contributed by atoms with Gasteiger partial charge in [0.1, 0.15) is 5.70 Å². The summed E-state index contributed by atoms with van der Waals surface area (Å²) < 4.78 is 24.8. The topological polar surface area (TPSA) is 29.4 Å². The van der Waals surface area contributed by atoms with Crippen LogP contribution >= 0.6 is 0 Å². The average Bonchev–Trinajstić information content (AvgIpc) is 2.10. The highest BCUT2D eigenvalue weighted by Crippen LogP contribution is 2.18. The van der Waals surface area contributed by atoms with Gasteiger partial charge in [-0.15, -0.1) is 0 Å². The van der Waals surface area contributed by atoms with Gasteiger partial charge >= 0.3 is 0 Å². The molecule has 1 unspecified atom stereocenters. The van der Waals surface area contributed by atoms with E-state index in [1.54, 1.807) is 6.08 Å². The van der Waals surface area contributed by atoms with Crippen molar-refractivity contribution in [1.82, 2.24) is 0 Å². The number of rotatable bonds is 2. The Morgan fingerprint density at radius 3 is 2.80 bits per heavy atom. The summed E-state index contributed by atoms with van der Waals surface area (Å²) in [6.07, 6.45) is 2.29. The molecule has 1 aliphatic rings. The molecule has 0 aliphatic carbocycles. The SMILES string of the molecule is CC(=O)C1=C\C(C)C/C=C(C(F)F)/N=C/1. The van der Waals surface area contributed by atoms with Crippen molar-refractivity contribution in [2.45, 2.75) is 26.7 Å². The summed E-state index contributed by atoms with van der Waals surface area (Å²) in [5, 5.41) is 0. The second-order valence-corrected chi connectivity index (χ2v) is 3.58. The molecular formula is C11H13F2NO. The maximum Gasteiger partial charge on any atom is 0.280 e. The van der Waals surface area contributed by atoms with E-state index in [2.05, 4.69) is 4.99 Å². The van der Waals surface area contributed by atoms with Crippen molar-refractivity contribution >= 4 is 12.0 Å². The Morgan fingerprint density at radius 1 is 1.60 bits per heavy atom. The first-order chi connectivity index (χ1) is 7.00. The van der Waals surface area contributed by atoms with E-state index in [1.165, 1.54) is 19.2 Å². The zero-order valence-electron chi connectivity index (χ0n) is 8.71. The van der Waals surface area contributed by atoms with Gasteiger partial charge < -0.3 is 0 Å². The smallest absolute Gasteiger partial charge is 0.280 e. The van der Waals surface area contributed by atoms with E-state index in [4.69, 9.17) is 0 Å². The summed E-state index contributed by atoms with van der Waals surface area (Å²) in [5.41, 5.74) is 0.141. The molecular weight excluding hydrogens is 200 g/mol. The van der Waals surface area contributed by atoms with Crippen LogP contribution in [0.1, 0.15) is 20.3 Å². The van der Waals surface area contributed by atoms with Crippen molar-refractivity contribution in [1.29, 1.82) is 0 Å². The van der Waals surface area contributed by atoms with E-state index in [9.17, 15) is 13.6 Å². The minimum absolute atomic E-state index is 0.0735. The Bertz CT molecular complexity index is 342. The zero-order chi connectivity index (χ0) is 11.4. The lowest BCUT2D eigenvalue weighted by molar-refractivity contribution is -0.113. The van der Waals surface area contributed by atoms with Crippen molar-refractivity contribution in [3.05, 3.63) is 23.4 Å². The number of alkyl halides is 2. The molecule has 0 saturated carbocycles. The lowest BCUT2D eigenvalue weighted by Crippen LogP contribution is -2.06. The summed E-state index contributed by atoms with van der Waals surface area (Å²) in [4.78, 5) is 14.7. The van der Waals surface area contributed by atoms with Gasteiger partial charge in [-0.3, -0.25) is 9.79 Å². The van der Waals surface area contributed by atoms with Gasteiger partial charge in [0.15, 0.2) is 5.78 Å². The van der Waals surface area contributed by atoms with Gasteiger partial charge in [-0.25, -0.2) is 8.78 Å². The number of carbonyl (C=O) groups excluding carboxylic acids is 1. The van der Waals surface area contributed by atoms with Gasteiger partial charge in [-0.1, -0.05) is 19.1 Å². The van der Waals surface area contributed by atoms with E-state index in [1.807, 2.05) is 6.92 Å². The second-order valence-electron chi connectivity index (χ2n) is 3.58. The van der Waals surface area contributed by atoms with Gasteiger partial charge in [0.25, 0.3) is 6.43 Å². The maximum absolute atomic E-state index is 12.4. The third-order valence-corrected chi connectivity index (χ3v) is 2.15. The highest BCUT2D eigenvalue weighted by atomic mass is 19.3. The Balaban J connectivity index is 2.98. The van der Waals surface area contributed by atoms with Crippen molar-refractivity contribution in [2.24, 2.45) is 10.9 Å². The standard InChI is InChI=1S/C11H13F2NO/c1-7-3-4-10(11(12)13)14-6-9(5-7)8(2)15/h4-7,11H,3H2,1-2H3/b9-5+,10-4+,14-6+. The summed E-state index contributed by atoms with van der Waals surface area (Å²) >= 11 is 0. The van der Waals surface area contributed by atoms with Crippen LogP contribution in [0.3, 0.4) is 0 Å². The molecule has 0 aromatic rings. The van der Waals surface area contributed by atoms with Crippen LogP contribution in [-0.2, 0) is 4.79 Å². The van der Waals surface area contributed by atoms with Crippen LogP contribution in [0.4, 0.5) is 8.78 Å². The molecule has 15 heavy (non-hydrogen) atoms. The van der Waals surface area contributed by atoms with Crippen molar-refractivity contribution < 1.29 is 13.6 Å². The monoisotopic (exact) mass is 213 g/mol. The Morgan fingerprint density at radius 2 is 2.27 bits per heavy atom. The largest absolute Gasteiger partial charge is 0.294 e. The van der Waals surface area contributed by atoms with Crippen LogP contribution in [-0.4, -0.2) is 18.4 Å². The molecule has 1 aliphatic heterocycles. The molecule has 0 amide bonds. The number of ketones is 1. The van der Waals surface area contributed by atoms with Crippen LogP contribution < -0.4 is 0 Å². The molecule has 0 saturated heterocycles. The fourth-order valence-electron chi connectivity index (χ4n) is 1.27. The molecule has 0 fully saturated rings. The molecule has 1 heterocycles.